The number of halogens is 1. The van der Waals surface area contributed by atoms with Gasteiger partial charge in [0.1, 0.15) is 0 Å². The van der Waals surface area contributed by atoms with Gasteiger partial charge >= 0.3 is 18.1 Å². The van der Waals surface area contributed by atoms with E-state index in [1.807, 2.05) is 0 Å². The highest BCUT2D eigenvalue weighted by atomic mass is 32.2. The van der Waals surface area contributed by atoms with Crippen molar-refractivity contribution >= 4 is 18.1 Å². The predicted octanol–water partition coefficient (Wildman–Crippen LogP) is 0.493. The lowest BCUT2D eigenvalue weighted by Gasteiger charge is -2.05. The van der Waals surface area contributed by atoms with E-state index in [-0.39, 0.29) is 6.61 Å². The van der Waals surface area contributed by atoms with Crippen molar-refractivity contribution in [3.05, 3.63) is 0 Å². The zero-order valence-electron chi connectivity index (χ0n) is 5.52. The Morgan fingerprint density at radius 1 is 1.73 bits per heavy atom. The summed E-state index contributed by atoms with van der Waals surface area (Å²) in [4.78, 5) is 0. The standard InChI is InChI=1S/C2H7FNO5PS/c1-2-9-10(3,5)4-11(6,7)8/h2H2,1H3,(H,4,5)(H,6,7,8). The molecule has 0 fully saturated rings. The van der Waals surface area contributed by atoms with Gasteiger partial charge in [-0.1, -0.05) is 4.49 Å². The lowest BCUT2D eigenvalue weighted by Crippen LogP contribution is -2.18. The molecule has 0 bridgehead atoms. The molecule has 9 heteroatoms. The molecule has 0 saturated carbocycles. The molecule has 0 spiro atoms. The quantitative estimate of drug-likeness (QED) is 0.517. The zero-order valence-corrected chi connectivity index (χ0v) is 7.23. The normalized spacial score (nSPS) is 17.7. The van der Waals surface area contributed by atoms with Crippen molar-refractivity contribution in [2.24, 2.45) is 0 Å². The molecule has 1 atom stereocenters. The highest BCUT2D eigenvalue weighted by molar-refractivity contribution is 7.89. The van der Waals surface area contributed by atoms with Crippen LogP contribution in [0.5, 0.6) is 0 Å². The van der Waals surface area contributed by atoms with Crippen LogP contribution in [0.3, 0.4) is 0 Å². The van der Waals surface area contributed by atoms with Gasteiger partial charge in [-0.25, -0.2) is 4.57 Å². The Kier molecular flexibility index (Phi) is 3.59. The first-order valence-corrected chi connectivity index (χ1v) is 5.43. The summed E-state index contributed by atoms with van der Waals surface area (Å²) in [7, 11) is -9.72. The van der Waals surface area contributed by atoms with Crippen molar-refractivity contribution < 1.29 is 26.3 Å². The van der Waals surface area contributed by atoms with E-state index in [0.29, 0.717) is 0 Å². The van der Waals surface area contributed by atoms with Crippen molar-refractivity contribution in [3.8, 4) is 0 Å². The summed E-state index contributed by atoms with van der Waals surface area (Å²) < 4.78 is 54.9. The Morgan fingerprint density at radius 3 is 2.45 bits per heavy atom. The third-order valence-electron chi connectivity index (χ3n) is 0.520. The summed E-state index contributed by atoms with van der Waals surface area (Å²) in [6.45, 7) is 1.05. The molecule has 6 nitrogen and oxygen atoms in total. The lowest BCUT2D eigenvalue weighted by molar-refractivity contribution is 0.299. The summed E-state index contributed by atoms with van der Waals surface area (Å²) in [5.74, 6) is 0. The molecule has 0 heterocycles. The van der Waals surface area contributed by atoms with Gasteiger partial charge in [-0.3, -0.25) is 9.08 Å². The van der Waals surface area contributed by atoms with E-state index in [0.717, 1.165) is 4.49 Å². The lowest BCUT2D eigenvalue weighted by atomic mass is 10.9. The van der Waals surface area contributed by atoms with Crippen molar-refractivity contribution in [3.63, 3.8) is 0 Å². The van der Waals surface area contributed by atoms with E-state index in [4.69, 9.17) is 4.55 Å². The van der Waals surface area contributed by atoms with E-state index >= 15 is 0 Å². The first-order valence-electron chi connectivity index (χ1n) is 2.47. The molecule has 11 heavy (non-hydrogen) atoms. The van der Waals surface area contributed by atoms with Crippen LogP contribution in [0.1, 0.15) is 6.92 Å². The van der Waals surface area contributed by atoms with Crippen LogP contribution in [0.4, 0.5) is 4.20 Å². The summed E-state index contributed by atoms with van der Waals surface area (Å²) in [5.41, 5.74) is 0. The van der Waals surface area contributed by atoms with E-state index in [9.17, 15) is 17.2 Å². The second-order valence-electron chi connectivity index (χ2n) is 1.46. The fourth-order valence-electron chi connectivity index (χ4n) is 0.330. The van der Waals surface area contributed by atoms with Gasteiger partial charge in [0.15, 0.2) is 0 Å². The molecule has 0 amide bonds. The van der Waals surface area contributed by atoms with Crippen molar-refractivity contribution in [2.45, 2.75) is 6.92 Å². The molecule has 68 valence electrons. The van der Waals surface area contributed by atoms with Gasteiger partial charge in [0.05, 0.1) is 6.61 Å². The largest absolute Gasteiger partial charge is 0.458 e. The van der Waals surface area contributed by atoms with Gasteiger partial charge in [-0.05, 0) is 6.92 Å². The Balaban J connectivity index is 4.26. The Morgan fingerprint density at radius 2 is 2.18 bits per heavy atom. The Bertz CT molecular complexity index is 262. The van der Waals surface area contributed by atoms with Gasteiger partial charge in [-0.2, -0.15) is 8.42 Å². The summed E-state index contributed by atoms with van der Waals surface area (Å²) in [5, 5.41) is 0. The minimum Gasteiger partial charge on any atom is -0.293 e. The van der Waals surface area contributed by atoms with Crippen LogP contribution in [-0.4, -0.2) is 19.6 Å². The van der Waals surface area contributed by atoms with E-state index in [2.05, 4.69) is 4.52 Å². The third-order valence-corrected chi connectivity index (χ3v) is 2.91. The highest BCUT2D eigenvalue weighted by Crippen LogP contribution is 2.44. The average molecular weight is 207 g/mol. The molecule has 0 aromatic carbocycles. The molecule has 0 aromatic heterocycles. The molecule has 0 aromatic rings. The van der Waals surface area contributed by atoms with Gasteiger partial charge in [0.25, 0.3) is 0 Å². The SMILES string of the molecule is CCOP(=O)(F)NS(=O)(=O)O. The van der Waals surface area contributed by atoms with Crippen LogP contribution < -0.4 is 4.49 Å². The zero-order chi connectivity index (χ0) is 9.12. The Labute approximate surface area is 63.3 Å². The van der Waals surface area contributed by atoms with Gasteiger partial charge in [0.2, 0.25) is 0 Å². The van der Waals surface area contributed by atoms with Gasteiger partial charge in [-0.15, -0.1) is 4.20 Å². The van der Waals surface area contributed by atoms with Crippen LogP contribution in [-0.2, 0) is 19.4 Å². The van der Waals surface area contributed by atoms with Crippen LogP contribution >= 0.6 is 7.83 Å². The molecular weight excluding hydrogens is 200 g/mol. The summed E-state index contributed by atoms with van der Waals surface area (Å²) in [6.07, 6.45) is 0. The molecule has 1 unspecified atom stereocenters. The molecule has 2 N–H and O–H groups in total. The fraction of sp³-hybridized carbons (Fsp3) is 1.00. The number of rotatable bonds is 4. The van der Waals surface area contributed by atoms with Crippen LogP contribution in [0.25, 0.3) is 0 Å². The Hall–Kier alpha value is -0.0100. The first-order chi connectivity index (χ1) is 4.77. The van der Waals surface area contributed by atoms with Crippen molar-refractivity contribution in [1.82, 2.24) is 4.49 Å². The summed E-state index contributed by atoms with van der Waals surface area (Å²) >= 11 is 0. The van der Waals surface area contributed by atoms with Crippen LogP contribution in [0.2, 0.25) is 0 Å². The molecule has 0 saturated heterocycles. The maximum atomic E-state index is 12.3. The van der Waals surface area contributed by atoms with E-state index in [1.54, 1.807) is 0 Å². The molecular formula is C2H7FNO5PS. The minimum atomic E-state index is -4.90. The minimum absolute atomic E-state index is 0.268. The molecule has 0 aliphatic rings. The second kappa shape index (κ2) is 3.59. The van der Waals surface area contributed by atoms with Crippen molar-refractivity contribution in [2.75, 3.05) is 6.61 Å². The monoisotopic (exact) mass is 207 g/mol. The molecule has 0 aliphatic heterocycles. The average Bonchev–Trinajstić information content (AvgIpc) is 1.55. The maximum Gasteiger partial charge on any atom is 0.458 e. The molecule has 0 radical (unpaired) electrons. The number of hydrogen-bond donors (Lipinski definition) is 2. The maximum absolute atomic E-state index is 12.3. The highest BCUT2D eigenvalue weighted by Gasteiger charge is 2.27. The summed E-state index contributed by atoms with van der Waals surface area (Å²) in [6, 6.07) is 0. The number of hydrogen-bond acceptors (Lipinski definition) is 4. The second-order valence-corrected chi connectivity index (χ2v) is 4.36. The fourth-order valence-corrected chi connectivity index (χ4v) is 1.98. The predicted molar refractivity (Wildman–Crippen MR) is 35.0 cm³/mol. The first kappa shape index (κ1) is 11.0. The molecule has 0 aliphatic carbocycles. The van der Waals surface area contributed by atoms with Gasteiger partial charge in [0, 0.05) is 0 Å². The van der Waals surface area contributed by atoms with E-state index in [1.165, 1.54) is 6.92 Å². The van der Waals surface area contributed by atoms with E-state index < -0.39 is 18.1 Å². The third kappa shape index (κ3) is 6.39. The topological polar surface area (TPSA) is 92.7 Å². The van der Waals surface area contributed by atoms with Crippen molar-refractivity contribution in [1.29, 1.82) is 0 Å². The van der Waals surface area contributed by atoms with Gasteiger partial charge < -0.3 is 0 Å². The van der Waals surface area contributed by atoms with Crippen LogP contribution in [0.15, 0.2) is 0 Å². The molecule has 0 rings (SSSR count). The van der Waals surface area contributed by atoms with Crippen LogP contribution in [0, 0.1) is 0 Å². The number of nitrogens with one attached hydrogen (secondary N) is 1. The smallest absolute Gasteiger partial charge is 0.293 e.